The Hall–Kier alpha value is -3.79. The highest BCUT2D eigenvalue weighted by Crippen LogP contribution is 2.37. The van der Waals surface area contributed by atoms with Crippen molar-refractivity contribution >= 4 is 11.0 Å². The normalized spacial score (nSPS) is 17.5. The smallest absolute Gasteiger partial charge is 0.102 e. The van der Waals surface area contributed by atoms with Gasteiger partial charge in [0.2, 0.25) is 0 Å². The molecule has 4 aromatic rings. The molecule has 6 rings (SSSR count). The maximum absolute atomic E-state index is 4.69. The van der Waals surface area contributed by atoms with Crippen molar-refractivity contribution in [2.45, 2.75) is 13.0 Å². The Labute approximate surface area is 182 Å². The van der Waals surface area contributed by atoms with Crippen LogP contribution in [0.3, 0.4) is 0 Å². The Morgan fingerprint density at radius 3 is 2.68 bits per heavy atom. The van der Waals surface area contributed by atoms with Crippen LogP contribution in [0.2, 0.25) is 0 Å². The quantitative estimate of drug-likeness (QED) is 0.499. The van der Waals surface area contributed by atoms with Gasteiger partial charge in [-0.2, -0.15) is 0 Å². The first-order valence-corrected chi connectivity index (χ1v) is 10.8. The van der Waals surface area contributed by atoms with Gasteiger partial charge in [-0.15, -0.1) is 0 Å². The summed E-state index contributed by atoms with van der Waals surface area (Å²) in [6.45, 7) is 4.15. The lowest BCUT2D eigenvalue weighted by molar-refractivity contribution is 0.421. The molecule has 31 heavy (non-hydrogen) atoms. The number of fused-ring (bicyclic) bond motifs is 2. The second-order valence-corrected chi connectivity index (χ2v) is 8.23. The number of aromatic nitrogens is 2. The summed E-state index contributed by atoms with van der Waals surface area (Å²) >= 11 is 0. The van der Waals surface area contributed by atoms with Crippen molar-refractivity contribution < 1.29 is 0 Å². The molecular formula is C27H24N4. The average Bonchev–Trinajstić information content (AvgIpc) is 3.44. The van der Waals surface area contributed by atoms with Gasteiger partial charge < -0.3 is 10.2 Å². The largest absolute Gasteiger partial charge is 0.363 e. The van der Waals surface area contributed by atoms with E-state index in [0.29, 0.717) is 0 Å². The number of hydrogen-bond acceptors (Lipinski definition) is 3. The lowest BCUT2D eigenvalue weighted by Gasteiger charge is -2.22. The predicted molar refractivity (Wildman–Crippen MR) is 126 cm³/mol. The van der Waals surface area contributed by atoms with Gasteiger partial charge in [-0.1, -0.05) is 66.7 Å². The third kappa shape index (κ3) is 2.95. The highest BCUT2D eigenvalue weighted by atomic mass is 15.3. The van der Waals surface area contributed by atoms with E-state index >= 15 is 0 Å². The molecule has 0 spiro atoms. The number of nitrogens with zero attached hydrogens (tertiary/aromatic N) is 3. The van der Waals surface area contributed by atoms with Crippen molar-refractivity contribution in [1.82, 2.24) is 19.8 Å². The zero-order chi connectivity index (χ0) is 20.8. The lowest BCUT2D eigenvalue weighted by atomic mass is 9.93. The SMILES string of the molecule is Cc1c(-c2ccccc2)ccc(C2CN3CC=CC=C3N2)c1-n1cnc2ccccc21. The first-order valence-electron chi connectivity index (χ1n) is 10.8. The van der Waals surface area contributed by atoms with E-state index < -0.39 is 0 Å². The van der Waals surface area contributed by atoms with Gasteiger partial charge in [-0.05, 0) is 41.8 Å². The van der Waals surface area contributed by atoms with Gasteiger partial charge >= 0.3 is 0 Å². The summed E-state index contributed by atoms with van der Waals surface area (Å²) in [5.41, 5.74) is 8.44. The topological polar surface area (TPSA) is 33.1 Å². The molecule has 1 N–H and O–H groups in total. The van der Waals surface area contributed by atoms with Gasteiger partial charge in [0.05, 0.1) is 22.8 Å². The van der Waals surface area contributed by atoms with Crippen molar-refractivity contribution in [3.8, 4) is 16.8 Å². The zero-order valence-corrected chi connectivity index (χ0v) is 17.5. The number of imidazole rings is 1. The molecule has 2 aliphatic rings. The van der Waals surface area contributed by atoms with E-state index in [1.54, 1.807) is 0 Å². The monoisotopic (exact) mass is 404 g/mol. The molecule has 0 saturated carbocycles. The fourth-order valence-electron chi connectivity index (χ4n) is 4.87. The molecule has 0 amide bonds. The van der Waals surface area contributed by atoms with Gasteiger partial charge in [0.15, 0.2) is 0 Å². The Morgan fingerprint density at radius 1 is 0.968 bits per heavy atom. The third-order valence-corrected chi connectivity index (χ3v) is 6.40. The van der Waals surface area contributed by atoms with Crippen molar-refractivity contribution in [3.05, 3.63) is 108 Å². The summed E-state index contributed by atoms with van der Waals surface area (Å²) in [6.07, 6.45) is 8.48. The fourth-order valence-corrected chi connectivity index (χ4v) is 4.87. The standard InChI is InChI=1S/C27H24N4/c1-19-21(20-9-3-2-4-10-20)14-15-22(24-17-30-16-8-7-13-26(30)29-24)27(19)31-18-28-23-11-5-6-12-25(23)31/h2-15,18,24,29H,16-17H2,1H3. The Morgan fingerprint density at radius 2 is 1.81 bits per heavy atom. The van der Waals surface area contributed by atoms with Crippen molar-refractivity contribution in [2.75, 3.05) is 13.1 Å². The lowest BCUT2D eigenvalue weighted by Crippen LogP contribution is -2.21. The third-order valence-electron chi connectivity index (χ3n) is 6.40. The van der Waals surface area contributed by atoms with Gasteiger partial charge in [0.25, 0.3) is 0 Å². The second kappa shape index (κ2) is 7.17. The fraction of sp³-hybridized carbons (Fsp3) is 0.148. The minimum atomic E-state index is 0.228. The van der Waals surface area contributed by atoms with E-state index in [0.717, 1.165) is 24.1 Å². The van der Waals surface area contributed by atoms with Crippen LogP contribution in [0, 0.1) is 6.92 Å². The molecule has 0 aliphatic carbocycles. The van der Waals surface area contributed by atoms with Gasteiger partial charge in [-0.25, -0.2) is 4.98 Å². The van der Waals surface area contributed by atoms with Crippen LogP contribution in [0.1, 0.15) is 17.2 Å². The van der Waals surface area contributed by atoms with Crippen LogP contribution in [0.5, 0.6) is 0 Å². The molecule has 1 atom stereocenters. The molecule has 3 aromatic carbocycles. The minimum absolute atomic E-state index is 0.228. The Balaban J connectivity index is 1.56. The van der Waals surface area contributed by atoms with Crippen LogP contribution in [0.25, 0.3) is 27.8 Å². The zero-order valence-electron chi connectivity index (χ0n) is 17.5. The van der Waals surface area contributed by atoms with Crippen molar-refractivity contribution in [3.63, 3.8) is 0 Å². The number of nitrogens with one attached hydrogen (secondary N) is 1. The van der Waals surface area contributed by atoms with E-state index in [-0.39, 0.29) is 6.04 Å². The average molecular weight is 405 g/mol. The highest BCUT2D eigenvalue weighted by Gasteiger charge is 2.30. The van der Waals surface area contributed by atoms with E-state index in [1.165, 1.54) is 33.8 Å². The van der Waals surface area contributed by atoms with Crippen LogP contribution < -0.4 is 5.32 Å². The van der Waals surface area contributed by atoms with Crippen LogP contribution in [0.4, 0.5) is 0 Å². The van der Waals surface area contributed by atoms with Gasteiger partial charge in [0, 0.05) is 18.7 Å². The number of rotatable bonds is 3. The summed E-state index contributed by atoms with van der Waals surface area (Å²) in [5, 5.41) is 3.75. The molecular weight excluding hydrogens is 380 g/mol. The van der Waals surface area contributed by atoms with Gasteiger partial charge in [-0.3, -0.25) is 4.57 Å². The molecule has 1 saturated heterocycles. The summed E-state index contributed by atoms with van der Waals surface area (Å²) in [4.78, 5) is 7.09. The number of benzene rings is 3. The molecule has 1 fully saturated rings. The van der Waals surface area contributed by atoms with Crippen molar-refractivity contribution in [1.29, 1.82) is 0 Å². The summed E-state index contributed by atoms with van der Waals surface area (Å²) in [6, 6.07) is 23.8. The summed E-state index contributed by atoms with van der Waals surface area (Å²) in [5.74, 6) is 1.21. The van der Waals surface area contributed by atoms with E-state index in [4.69, 9.17) is 0 Å². The minimum Gasteiger partial charge on any atom is -0.363 e. The Kier molecular flexibility index (Phi) is 4.17. The van der Waals surface area contributed by atoms with Crippen LogP contribution in [-0.4, -0.2) is 27.5 Å². The first-order chi connectivity index (χ1) is 15.3. The molecule has 1 unspecified atom stereocenters. The number of para-hydroxylation sites is 2. The molecule has 152 valence electrons. The summed E-state index contributed by atoms with van der Waals surface area (Å²) < 4.78 is 2.26. The molecule has 0 bridgehead atoms. The highest BCUT2D eigenvalue weighted by molar-refractivity contribution is 5.80. The molecule has 2 aliphatic heterocycles. The molecule has 4 nitrogen and oxygen atoms in total. The van der Waals surface area contributed by atoms with Gasteiger partial charge in [0.1, 0.15) is 12.1 Å². The second-order valence-electron chi connectivity index (χ2n) is 8.23. The predicted octanol–water partition coefficient (Wildman–Crippen LogP) is 5.36. The van der Waals surface area contributed by atoms with Crippen LogP contribution in [0.15, 0.2) is 97.1 Å². The van der Waals surface area contributed by atoms with Crippen LogP contribution >= 0.6 is 0 Å². The maximum Gasteiger partial charge on any atom is 0.102 e. The van der Waals surface area contributed by atoms with Crippen molar-refractivity contribution in [2.24, 2.45) is 0 Å². The maximum atomic E-state index is 4.69. The first kappa shape index (κ1) is 18.0. The molecule has 3 heterocycles. The number of allylic oxidation sites excluding steroid dienone is 2. The Bertz CT molecular complexity index is 1330. The molecule has 1 aromatic heterocycles. The number of hydrogen-bond donors (Lipinski definition) is 1. The molecule has 0 radical (unpaired) electrons. The van der Waals surface area contributed by atoms with E-state index in [2.05, 4.69) is 106 Å². The van der Waals surface area contributed by atoms with E-state index in [1.807, 2.05) is 12.4 Å². The van der Waals surface area contributed by atoms with Crippen LogP contribution in [-0.2, 0) is 0 Å². The van der Waals surface area contributed by atoms with E-state index in [9.17, 15) is 0 Å². The summed E-state index contributed by atoms with van der Waals surface area (Å²) in [7, 11) is 0. The molecule has 4 heteroatoms.